The number of rotatable bonds is 36. The van der Waals surface area contributed by atoms with E-state index in [4.69, 9.17) is 23.3 Å². The van der Waals surface area contributed by atoms with Crippen LogP contribution in [0.4, 0.5) is 0 Å². The summed E-state index contributed by atoms with van der Waals surface area (Å²) in [6, 6.07) is 0. The van der Waals surface area contributed by atoms with Gasteiger partial charge in [-0.2, -0.15) is 0 Å². The lowest BCUT2D eigenvalue weighted by Crippen LogP contribution is -2.37. The number of methoxy groups -OCH3 is 1. The van der Waals surface area contributed by atoms with Crippen LogP contribution in [0.1, 0.15) is 161 Å². The van der Waals surface area contributed by atoms with E-state index in [1.54, 1.807) is 7.11 Å². The zero-order valence-corrected chi connectivity index (χ0v) is 32.5. The topological polar surface area (TPSA) is 120 Å². The van der Waals surface area contributed by atoms with E-state index in [0.717, 1.165) is 51.6 Å². The van der Waals surface area contributed by atoms with Crippen LogP contribution in [0.15, 0.2) is 0 Å². The van der Waals surface area contributed by atoms with Gasteiger partial charge in [0.1, 0.15) is 19.8 Å². The second-order valence-electron chi connectivity index (χ2n) is 14.3. The van der Waals surface area contributed by atoms with Crippen molar-refractivity contribution in [3.8, 4) is 0 Å². The van der Waals surface area contributed by atoms with Gasteiger partial charge in [-0.1, -0.05) is 129 Å². The minimum absolute atomic E-state index is 0.0311. The van der Waals surface area contributed by atoms with Crippen molar-refractivity contribution in [2.75, 3.05) is 61.2 Å². The lowest BCUT2D eigenvalue weighted by atomic mass is 10.0. The molecule has 0 saturated carbocycles. The number of phosphoric ester groups is 1. The first-order chi connectivity index (χ1) is 23.0. The van der Waals surface area contributed by atoms with Crippen molar-refractivity contribution in [3.63, 3.8) is 0 Å². The molecular formula is C37H74NO9P. The van der Waals surface area contributed by atoms with Gasteiger partial charge in [0, 0.05) is 26.6 Å². The molecule has 0 heterocycles. The number of ether oxygens (including phenoxy) is 3. The third-order valence-corrected chi connectivity index (χ3v) is 9.34. The Labute approximate surface area is 294 Å². The van der Waals surface area contributed by atoms with Crippen molar-refractivity contribution in [3.05, 3.63) is 0 Å². The van der Waals surface area contributed by atoms with E-state index in [-0.39, 0.29) is 32.0 Å². The Morgan fingerprint density at radius 3 is 1.50 bits per heavy atom. The Balaban J connectivity index is 4.39. The summed E-state index contributed by atoms with van der Waals surface area (Å²) in [5.74, 6) is -0.844. The van der Waals surface area contributed by atoms with Crippen LogP contribution in [0, 0.1) is 0 Å². The minimum atomic E-state index is -4.61. The number of esters is 2. The molecular weight excluding hydrogens is 633 g/mol. The van der Waals surface area contributed by atoms with Gasteiger partial charge < -0.3 is 32.6 Å². The van der Waals surface area contributed by atoms with Crippen LogP contribution in [0.2, 0.25) is 0 Å². The fourth-order valence-electron chi connectivity index (χ4n) is 5.30. The third-order valence-electron chi connectivity index (χ3n) is 8.37. The quantitative estimate of drug-likeness (QED) is 0.0273. The monoisotopic (exact) mass is 708 g/mol. The van der Waals surface area contributed by atoms with Crippen molar-refractivity contribution < 1.29 is 46.8 Å². The molecule has 0 aliphatic carbocycles. The molecule has 0 aromatic heterocycles. The van der Waals surface area contributed by atoms with Crippen LogP contribution in [0.25, 0.3) is 0 Å². The van der Waals surface area contributed by atoms with Gasteiger partial charge in [0.2, 0.25) is 0 Å². The molecule has 0 aromatic carbocycles. The fraction of sp³-hybridized carbons (Fsp3) is 0.946. The van der Waals surface area contributed by atoms with E-state index >= 15 is 0 Å². The number of phosphoric acid groups is 1. The summed E-state index contributed by atoms with van der Waals surface area (Å²) in [6.45, 7) is 2.79. The first-order valence-electron chi connectivity index (χ1n) is 19.2. The Bertz CT molecular complexity index is 806. The molecule has 0 spiro atoms. The Hall–Kier alpha value is -1.03. The molecule has 0 radical (unpaired) electrons. The van der Waals surface area contributed by atoms with Crippen LogP contribution in [0.3, 0.4) is 0 Å². The van der Waals surface area contributed by atoms with E-state index in [9.17, 15) is 19.0 Å². The van der Waals surface area contributed by atoms with Gasteiger partial charge >= 0.3 is 11.9 Å². The molecule has 48 heavy (non-hydrogen) atoms. The predicted molar refractivity (Wildman–Crippen MR) is 192 cm³/mol. The summed E-state index contributed by atoms with van der Waals surface area (Å²) >= 11 is 0. The summed E-state index contributed by atoms with van der Waals surface area (Å²) in [5, 5.41) is 0. The molecule has 2 unspecified atom stereocenters. The average Bonchev–Trinajstić information content (AvgIpc) is 3.02. The second-order valence-corrected chi connectivity index (χ2v) is 15.7. The molecule has 0 aromatic rings. The summed E-state index contributed by atoms with van der Waals surface area (Å²) in [6.07, 6.45) is 25.1. The maximum absolute atomic E-state index is 12.6. The van der Waals surface area contributed by atoms with Crippen LogP contribution >= 0.6 is 7.82 Å². The van der Waals surface area contributed by atoms with Crippen molar-refractivity contribution in [2.24, 2.45) is 0 Å². The van der Waals surface area contributed by atoms with Crippen LogP contribution in [-0.4, -0.2) is 83.8 Å². The number of unbranched alkanes of at least 4 members (excludes halogenated alkanes) is 20. The number of nitrogens with zero attached hydrogens (tertiary/aromatic N) is 1. The first-order valence-corrected chi connectivity index (χ1v) is 20.7. The van der Waals surface area contributed by atoms with Gasteiger partial charge in [-0.25, -0.2) is 0 Å². The summed E-state index contributed by atoms with van der Waals surface area (Å²) < 4.78 is 38.8. The summed E-state index contributed by atoms with van der Waals surface area (Å²) in [4.78, 5) is 37.3. The van der Waals surface area contributed by atoms with Crippen molar-refractivity contribution >= 4 is 19.8 Å². The van der Waals surface area contributed by atoms with Crippen LogP contribution in [-0.2, 0) is 37.4 Å². The molecule has 11 heteroatoms. The van der Waals surface area contributed by atoms with Gasteiger partial charge in [0.15, 0.2) is 6.10 Å². The van der Waals surface area contributed by atoms with Crippen LogP contribution in [0.5, 0.6) is 0 Å². The zero-order chi connectivity index (χ0) is 35.8. The molecule has 286 valence electrons. The highest BCUT2D eigenvalue weighted by atomic mass is 31.2. The normalized spacial score (nSPS) is 13.7. The molecule has 2 atom stereocenters. The summed E-state index contributed by atoms with van der Waals surface area (Å²) in [7, 11) is 2.89. The van der Waals surface area contributed by atoms with Crippen LogP contribution < -0.4 is 4.89 Å². The van der Waals surface area contributed by atoms with Gasteiger partial charge in [0.25, 0.3) is 7.82 Å². The lowest BCUT2D eigenvalue weighted by Gasteiger charge is -2.28. The van der Waals surface area contributed by atoms with E-state index in [0.29, 0.717) is 17.4 Å². The standard InChI is InChI=1S/C37H74NO9P/c1-6-7-8-9-10-11-12-13-14-16-19-22-25-28-36(39)44-33-35(34-46-48(41,42)45-32-30-38(2,3)4)47-37(40)29-26-23-20-17-15-18-21-24-27-31-43-5/h35H,6-34H2,1-5H3. The largest absolute Gasteiger partial charge is 0.756 e. The Morgan fingerprint density at radius 1 is 0.604 bits per heavy atom. The second kappa shape index (κ2) is 31.9. The smallest absolute Gasteiger partial charge is 0.306 e. The molecule has 0 fully saturated rings. The van der Waals surface area contributed by atoms with Crippen molar-refractivity contribution in [2.45, 2.75) is 167 Å². The molecule has 0 aliphatic heterocycles. The van der Waals surface area contributed by atoms with E-state index in [1.165, 1.54) is 89.9 Å². The zero-order valence-electron chi connectivity index (χ0n) is 31.7. The molecule has 0 rings (SSSR count). The number of carbonyl (C=O) groups excluding carboxylic acids is 2. The number of hydrogen-bond acceptors (Lipinski definition) is 9. The average molecular weight is 708 g/mol. The molecule has 10 nitrogen and oxygen atoms in total. The van der Waals surface area contributed by atoms with Gasteiger partial charge in [-0.3, -0.25) is 14.2 Å². The maximum atomic E-state index is 12.6. The van der Waals surface area contributed by atoms with Gasteiger partial charge in [0.05, 0.1) is 27.7 Å². The van der Waals surface area contributed by atoms with Crippen molar-refractivity contribution in [1.29, 1.82) is 0 Å². The highest BCUT2D eigenvalue weighted by Gasteiger charge is 2.21. The SMILES string of the molecule is CCCCCCCCCCCCCCCC(=O)OCC(COP(=O)([O-])OCC[N+](C)(C)C)OC(=O)CCCCCCCCCCCOC. The van der Waals surface area contributed by atoms with E-state index < -0.39 is 26.5 Å². The number of quaternary nitrogens is 1. The highest BCUT2D eigenvalue weighted by Crippen LogP contribution is 2.38. The fourth-order valence-corrected chi connectivity index (χ4v) is 6.03. The van der Waals surface area contributed by atoms with Gasteiger partial charge in [-0.05, 0) is 19.3 Å². The number of likely N-dealkylation sites (N-methyl/N-ethyl adjacent to an activating group) is 1. The molecule has 0 saturated heterocycles. The Kier molecular flexibility index (Phi) is 31.2. The maximum Gasteiger partial charge on any atom is 0.306 e. The highest BCUT2D eigenvalue weighted by molar-refractivity contribution is 7.45. The molecule has 0 N–H and O–H groups in total. The molecule has 0 aliphatic rings. The van der Waals surface area contributed by atoms with E-state index in [1.807, 2.05) is 21.1 Å². The number of hydrogen-bond donors (Lipinski definition) is 0. The van der Waals surface area contributed by atoms with Crippen molar-refractivity contribution in [1.82, 2.24) is 0 Å². The van der Waals surface area contributed by atoms with E-state index in [2.05, 4.69) is 6.92 Å². The summed E-state index contributed by atoms with van der Waals surface area (Å²) in [5.41, 5.74) is 0. The Morgan fingerprint density at radius 2 is 1.04 bits per heavy atom. The molecule has 0 amide bonds. The number of carbonyl (C=O) groups is 2. The predicted octanol–water partition coefficient (Wildman–Crippen LogP) is 8.68. The third kappa shape index (κ3) is 34.8. The lowest BCUT2D eigenvalue weighted by molar-refractivity contribution is -0.870. The van der Waals surface area contributed by atoms with Gasteiger partial charge in [-0.15, -0.1) is 0 Å². The first kappa shape index (κ1) is 47.0. The molecule has 0 bridgehead atoms. The minimum Gasteiger partial charge on any atom is -0.756 e.